The first-order valence-corrected chi connectivity index (χ1v) is 5.98. The maximum absolute atomic E-state index is 13.0. The molecule has 0 bridgehead atoms. The van der Waals surface area contributed by atoms with Crippen molar-refractivity contribution in [1.82, 2.24) is 10.1 Å². The van der Waals surface area contributed by atoms with Gasteiger partial charge in [-0.05, 0) is 30.5 Å². The van der Waals surface area contributed by atoms with E-state index in [0.717, 1.165) is 18.7 Å². The number of nitrogens with zero attached hydrogens (tertiary/aromatic N) is 2. The Bertz CT molecular complexity index is 551. The van der Waals surface area contributed by atoms with Crippen molar-refractivity contribution in [3.8, 4) is 0 Å². The van der Waals surface area contributed by atoms with Crippen molar-refractivity contribution >= 4 is 0 Å². The van der Waals surface area contributed by atoms with Gasteiger partial charge in [0.1, 0.15) is 5.82 Å². The maximum atomic E-state index is 13.0. The first-order valence-electron chi connectivity index (χ1n) is 5.98. The molecule has 1 aliphatic carbocycles. The molecule has 4 nitrogen and oxygen atoms in total. The lowest BCUT2D eigenvalue weighted by molar-refractivity contribution is 0.164. The van der Waals surface area contributed by atoms with Crippen LogP contribution in [0.2, 0.25) is 0 Å². The molecule has 1 unspecified atom stereocenters. The van der Waals surface area contributed by atoms with E-state index in [1.807, 2.05) is 0 Å². The van der Waals surface area contributed by atoms with E-state index in [2.05, 4.69) is 10.1 Å². The molecular formula is C13H13FN2O2. The SMILES string of the molecule is OC(Cc1nc(C2CC2)no1)c1cccc(F)c1. The lowest BCUT2D eigenvalue weighted by Gasteiger charge is -2.07. The average Bonchev–Trinajstić information content (AvgIpc) is 3.11. The number of hydrogen-bond donors (Lipinski definition) is 1. The van der Waals surface area contributed by atoms with Gasteiger partial charge in [0, 0.05) is 5.92 Å². The summed E-state index contributed by atoms with van der Waals surface area (Å²) in [7, 11) is 0. The third kappa shape index (κ3) is 2.41. The Balaban J connectivity index is 1.70. The Morgan fingerprint density at radius 1 is 1.44 bits per heavy atom. The van der Waals surface area contributed by atoms with E-state index in [9.17, 15) is 9.50 Å². The Kier molecular flexibility index (Phi) is 2.83. The molecular weight excluding hydrogens is 235 g/mol. The normalized spacial score (nSPS) is 16.8. The van der Waals surface area contributed by atoms with Crippen LogP contribution in [0.15, 0.2) is 28.8 Å². The molecule has 18 heavy (non-hydrogen) atoms. The zero-order valence-corrected chi connectivity index (χ0v) is 9.71. The fourth-order valence-corrected chi connectivity index (χ4v) is 1.86. The second-order valence-electron chi connectivity index (χ2n) is 4.60. The first-order chi connectivity index (χ1) is 8.72. The fraction of sp³-hybridized carbons (Fsp3) is 0.385. The maximum Gasteiger partial charge on any atom is 0.229 e. The summed E-state index contributed by atoms with van der Waals surface area (Å²) < 4.78 is 18.1. The van der Waals surface area contributed by atoms with E-state index < -0.39 is 6.10 Å². The summed E-state index contributed by atoms with van der Waals surface area (Å²) >= 11 is 0. The van der Waals surface area contributed by atoms with Crippen LogP contribution in [0.4, 0.5) is 4.39 Å². The van der Waals surface area contributed by atoms with E-state index in [1.165, 1.54) is 12.1 Å². The third-order valence-electron chi connectivity index (χ3n) is 3.03. The van der Waals surface area contributed by atoms with Crippen molar-refractivity contribution in [2.45, 2.75) is 31.3 Å². The molecule has 0 radical (unpaired) electrons. The Hall–Kier alpha value is -1.75. The van der Waals surface area contributed by atoms with Crippen molar-refractivity contribution in [2.24, 2.45) is 0 Å². The summed E-state index contributed by atoms with van der Waals surface area (Å²) in [6.07, 6.45) is 1.59. The molecule has 1 fully saturated rings. The number of aromatic nitrogens is 2. The third-order valence-corrected chi connectivity index (χ3v) is 3.03. The van der Waals surface area contributed by atoms with Gasteiger partial charge in [0.05, 0.1) is 12.5 Å². The van der Waals surface area contributed by atoms with Crippen LogP contribution in [0.25, 0.3) is 0 Å². The molecule has 0 spiro atoms. The highest BCUT2D eigenvalue weighted by Crippen LogP contribution is 2.38. The van der Waals surface area contributed by atoms with Gasteiger partial charge in [0.2, 0.25) is 5.89 Å². The highest BCUT2D eigenvalue weighted by molar-refractivity contribution is 5.19. The van der Waals surface area contributed by atoms with Crippen molar-refractivity contribution < 1.29 is 14.0 Å². The number of rotatable bonds is 4. The molecule has 0 aliphatic heterocycles. The van der Waals surface area contributed by atoms with Gasteiger partial charge in [-0.3, -0.25) is 0 Å². The van der Waals surface area contributed by atoms with Gasteiger partial charge in [0.15, 0.2) is 5.82 Å². The molecule has 0 saturated heterocycles. The van der Waals surface area contributed by atoms with Gasteiger partial charge in [-0.15, -0.1) is 0 Å². The zero-order valence-electron chi connectivity index (χ0n) is 9.71. The second-order valence-corrected chi connectivity index (χ2v) is 4.60. The van der Waals surface area contributed by atoms with Crippen LogP contribution in [0.3, 0.4) is 0 Å². The van der Waals surface area contributed by atoms with Gasteiger partial charge in [-0.2, -0.15) is 4.98 Å². The molecule has 1 aliphatic rings. The topological polar surface area (TPSA) is 59.2 Å². The lowest BCUT2D eigenvalue weighted by atomic mass is 10.1. The van der Waals surface area contributed by atoms with E-state index >= 15 is 0 Å². The molecule has 1 saturated carbocycles. The molecule has 94 valence electrons. The summed E-state index contributed by atoms with van der Waals surface area (Å²) in [4.78, 5) is 4.23. The lowest BCUT2D eigenvalue weighted by Crippen LogP contribution is -2.02. The molecule has 5 heteroatoms. The number of benzene rings is 1. The van der Waals surface area contributed by atoms with Crippen LogP contribution < -0.4 is 0 Å². The highest BCUT2D eigenvalue weighted by Gasteiger charge is 2.29. The van der Waals surface area contributed by atoms with Crippen molar-refractivity contribution in [3.05, 3.63) is 47.4 Å². The van der Waals surface area contributed by atoms with Crippen molar-refractivity contribution in [3.63, 3.8) is 0 Å². The molecule has 1 aromatic carbocycles. The van der Waals surface area contributed by atoms with Crippen molar-refractivity contribution in [2.75, 3.05) is 0 Å². The molecule has 3 rings (SSSR count). The van der Waals surface area contributed by atoms with E-state index in [-0.39, 0.29) is 12.2 Å². The van der Waals surface area contributed by atoms with Crippen LogP contribution >= 0.6 is 0 Å². The first kappa shape index (κ1) is 11.3. The number of aliphatic hydroxyl groups excluding tert-OH is 1. The summed E-state index contributed by atoms with van der Waals surface area (Å²) in [5.41, 5.74) is 0.515. The fourth-order valence-electron chi connectivity index (χ4n) is 1.86. The quantitative estimate of drug-likeness (QED) is 0.902. The largest absolute Gasteiger partial charge is 0.388 e. The molecule has 2 aromatic rings. The minimum atomic E-state index is -0.826. The summed E-state index contributed by atoms with van der Waals surface area (Å²) in [6.45, 7) is 0. The van der Waals surface area contributed by atoms with Crippen LogP contribution in [-0.4, -0.2) is 15.2 Å². The molecule has 1 aromatic heterocycles. The minimum absolute atomic E-state index is 0.211. The summed E-state index contributed by atoms with van der Waals surface area (Å²) in [5, 5.41) is 13.8. The van der Waals surface area contributed by atoms with Crippen LogP contribution in [0.1, 0.15) is 42.1 Å². The highest BCUT2D eigenvalue weighted by atomic mass is 19.1. The van der Waals surface area contributed by atoms with E-state index in [1.54, 1.807) is 12.1 Å². The van der Waals surface area contributed by atoms with Gasteiger partial charge in [-0.25, -0.2) is 4.39 Å². The molecule has 1 atom stereocenters. The van der Waals surface area contributed by atoms with Crippen LogP contribution in [0, 0.1) is 5.82 Å². The average molecular weight is 248 g/mol. The second kappa shape index (κ2) is 4.49. The predicted molar refractivity (Wildman–Crippen MR) is 61.3 cm³/mol. The molecule has 1 heterocycles. The van der Waals surface area contributed by atoms with Crippen LogP contribution in [0.5, 0.6) is 0 Å². The van der Waals surface area contributed by atoms with Crippen LogP contribution in [-0.2, 0) is 6.42 Å². The summed E-state index contributed by atoms with van der Waals surface area (Å²) in [5.74, 6) is 1.18. The van der Waals surface area contributed by atoms with Gasteiger partial charge >= 0.3 is 0 Å². The van der Waals surface area contributed by atoms with E-state index in [4.69, 9.17) is 4.52 Å². The van der Waals surface area contributed by atoms with Crippen molar-refractivity contribution in [1.29, 1.82) is 0 Å². The summed E-state index contributed by atoms with van der Waals surface area (Å²) in [6, 6.07) is 5.89. The number of aliphatic hydroxyl groups is 1. The standard InChI is InChI=1S/C13H13FN2O2/c14-10-3-1-2-9(6-10)11(17)7-12-15-13(16-18-12)8-4-5-8/h1-3,6,8,11,17H,4-5,7H2. The van der Waals surface area contributed by atoms with Gasteiger partial charge in [0.25, 0.3) is 0 Å². The minimum Gasteiger partial charge on any atom is -0.388 e. The molecule has 1 N–H and O–H groups in total. The molecule has 0 amide bonds. The Morgan fingerprint density at radius 2 is 2.28 bits per heavy atom. The predicted octanol–water partition coefficient (Wildman–Crippen LogP) is 2.36. The Morgan fingerprint density at radius 3 is 3.00 bits per heavy atom. The van der Waals surface area contributed by atoms with Gasteiger partial charge < -0.3 is 9.63 Å². The Labute approximate surface area is 103 Å². The van der Waals surface area contributed by atoms with Gasteiger partial charge in [-0.1, -0.05) is 17.3 Å². The monoisotopic (exact) mass is 248 g/mol. The number of hydrogen-bond acceptors (Lipinski definition) is 4. The zero-order chi connectivity index (χ0) is 12.5. The van der Waals surface area contributed by atoms with E-state index in [0.29, 0.717) is 17.4 Å². The smallest absolute Gasteiger partial charge is 0.229 e. The number of halogens is 1.